The summed E-state index contributed by atoms with van der Waals surface area (Å²) in [5, 5.41) is 17.3. The first-order valence-electron chi connectivity index (χ1n) is 7.63. The van der Waals surface area contributed by atoms with E-state index >= 15 is 0 Å². The Morgan fingerprint density at radius 1 is 1.15 bits per heavy atom. The molecule has 0 bridgehead atoms. The van der Waals surface area contributed by atoms with Crippen molar-refractivity contribution in [2.24, 2.45) is 7.05 Å². The number of hydrogen-bond acceptors (Lipinski definition) is 7. The lowest BCUT2D eigenvalue weighted by atomic mass is 10.2. The van der Waals surface area contributed by atoms with Gasteiger partial charge >= 0.3 is 5.97 Å². The Bertz CT molecular complexity index is 1080. The van der Waals surface area contributed by atoms with Crippen molar-refractivity contribution < 1.29 is 18.3 Å². The highest BCUT2D eigenvalue weighted by Gasteiger charge is 2.25. The van der Waals surface area contributed by atoms with E-state index in [0.717, 1.165) is 6.07 Å². The van der Waals surface area contributed by atoms with Gasteiger partial charge in [0.25, 0.3) is 0 Å². The fraction of sp³-hybridized carbons (Fsp3) is 0.188. The molecule has 1 N–H and O–H groups in total. The van der Waals surface area contributed by atoms with Crippen LogP contribution >= 0.6 is 0 Å². The van der Waals surface area contributed by atoms with E-state index in [2.05, 4.69) is 20.2 Å². The van der Waals surface area contributed by atoms with Crippen molar-refractivity contribution in [1.29, 1.82) is 0 Å². The summed E-state index contributed by atoms with van der Waals surface area (Å²) in [7, 11) is -2.01. The number of sulfone groups is 1. The lowest BCUT2D eigenvalue weighted by molar-refractivity contribution is 0.0690. The molecule has 0 unspecified atom stereocenters. The highest BCUT2D eigenvalue weighted by atomic mass is 32.2. The first-order chi connectivity index (χ1) is 12.3. The van der Waals surface area contributed by atoms with Crippen LogP contribution in [0.5, 0.6) is 0 Å². The number of aromatic carboxylic acids is 1. The molecule has 3 aromatic heterocycles. The van der Waals surface area contributed by atoms with Crippen molar-refractivity contribution in [3.63, 3.8) is 0 Å². The number of pyridine rings is 2. The van der Waals surface area contributed by atoms with Crippen molar-refractivity contribution in [1.82, 2.24) is 24.7 Å². The van der Waals surface area contributed by atoms with Crippen LogP contribution in [-0.4, -0.2) is 50.0 Å². The Morgan fingerprint density at radius 2 is 1.88 bits per heavy atom. The second-order valence-corrected chi connectivity index (χ2v) is 7.62. The van der Waals surface area contributed by atoms with Gasteiger partial charge in [-0.15, -0.1) is 10.2 Å². The molecule has 10 heteroatoms. The average Bonchev–Trinajstić information content (AvgIpc) is 3.03. The first kappa shape index (κ1) is 17.7. The predicted molar refractivity (Wildman–Crippen MR) is 92.2 cm³/mol. The monoisotopic (exact) mass is 373 g/mol. The third-order valence-corrected chi connectivity index (χ3v) is 5.53. The minimum atomic E-state index is -3.64. The van der Waals surface area contributed by atoms with Crippen LogP contribution < -0.4 is 0 Å². The summed E-state index contributed by atoms with van der Waals surface area (Å²) in [4.78, 5) is 19.4. The van der Waals surface area contributed by atoms with Gasteiger partial charge < -0.3 is 9.67 Å². The molecule has 26 heavy (non-hydrogen) atoms. The van der Waals surface area contributed by atoms with Crippen LogP contribution in [-0.2, 0) is 16.9 Å². The molecule has 134 valence electrons. The molecule has 3 rings (SSSR count). The number of carboxylic acid groups (broad SMARTS) is 1. The summed E-state index contributed by atoms with van der Waals surface area (Å²) in [5.74, 6) is -0.874. The smallest absolute Gasteiger partial charge is 0.354 e. The fourth-order valence-corrected chi connectivity index (χ4v) is 3.40. The maximum Gasteiger partial charge on any atom is 0.354 e. The van der Waals surface area contributed by atoms with E-state index in [9.17, 15) is 18.3 Å². The molecule has 0 aliphatic heterocycles. The molecule has 0 radical (unpaired) electrons. The Hall–Kier alpha value is -3.14. The van der Waals surface area contributed by atoms with E-state index < -0.39 is 15.8 Å². The Labute approximate surface area is 149 Å². The Kier molecular flexibility index (Phi) is 4.51. The van der Waals surface area contributed by atoms with Gasteiger partial charge in [-0.1, -0.05) is 13.0 Å². The second kappa shape index (κ2) is 6.64. The quantitative estimate of drug-likeness (QED) is 0.711. The molecule has 3 heterocycles. The molecular formula is C16H15N5O4S. The first-order valence-corrected chi connectivity index (χ1v) is 9.28. The maximum atomic E-state index is 12.4. The summed E-state index contributed by atoms with van der Waals surface area (Å²) in [6.07, 6.45) is 1.60. The van der Waals surface area contributed by atoms with Crippen molar-refractivity contribution in [2.45, 2.75) is 11.8 Å². The van der Waals surface area contributed by atoms with Gasteiger partial charge in [0, 0.05) is 13.2 Å². The molecule has 0 spiro atoms. The summed E-state index contributed by atoms with van der Waals surface area (Å²) in [5.41, 5.74) is 0.212. The van der Waals surface area contributed by atoms with Crippen LogP contribution in [0.1, 0.15) is 17.4 Å². The van der Waals surface area contributed by atoms with Crippen molar-refractivity contribution >= 4 is 15.8 Å². The van der Waals surface area contributed by atoms with E-state index in [1.54, 1.807) is 31.4 Å². The third-order valence-electron chi connectivity index (χ3n) is 3.77. The zero-order valence-corrected chi connectivity index (χ0v) is 14.8. The molecular weight excluding hydrogens is 358 g/mol. The summed E-state index contributed by atoms with van der Waals surface area (Å²) < 4.78 is 26.3. The molecule has 0 aliphatic carbocycles. The molecule has 0 atom stereocenters. The lowest BCUT2D eigenvalue weighted by Gasteiger charge is -2.09. The molecule has 0 saturated heterocycles. The van der Waals surface area contributed by atoms with Gasteiger partial charge in [0.05, 0.1) is 10.6 Å². The number of carbonyl (C=O) groups is 1. The Morgan fingerprint density at radius 3 is 2.50 bits per heavy atom. The molecule has 9 nitrogen and oxygen atoms in total. The van der Waals surface area contributed by atoms with Crippen molar-refractivity contribution in [2.75, 3.05) is 5.75 Å². The third kappa shape index (κ3) is 3.06. The number of carboxylic acids is 1. The largest absolute Gasteiger partial charge is 0.477 e. The zero-order chi connectivity index (χ0) is 18.9. The van der Waals surface area contributed by atoms with E-state index in [1.807, 2.05) is 0 Å². The van der Waals surface area contributed by atoms with Gasteiger partial charge in [0.15, 0.2) is 21.5 Å². The predicted octanol–water partition coefficient (Wildman–Crippen LogP) is 1.43. The number of nitrogens with zero attached hydrogens (tertiary/aromatic N) is 5. The molecule has 0 saturated carbocycles. The maximum absolute atomic E-state index is 12.4. The van der Waals surface area contributed by atoms with E-state index in [1.165, 1.54) is 17.6 Å². The van der Waals surface area contributed by atoms with E-state index in [4.69, 9.17) is 0 Å². The van der Waals surface area contributed by atoms with E-state index in [0.29, 0.717) is 11.5 Å². The van der Waals surface area contributed by atoms with Gasteiger partial charge in [0.1, 0.15) is 17.1 Å². The highest BCUT2D eigenvalue weighted by Crippen LogP contribution is 2.27. The van der Waals surface area contributed by atoms with Gasteiger partial charge in [-0.25, -0.2) is 18.2 Å². The summed E-state index contributed by atoms with van der Waals surface area (Å²) in [6, 6.07) is 7.67. The van der Waals surface area contributed by atoms with Crippen molar-refractivity contribution in [3.05, 3.63) is 42.2 Å². The highest BCUT2D eigenvalue weighted by molar-refractivity contribution is 7.91. The normalized spacial score (nSPS) is 11.5. The number of rotatable bonds is 5. The standard InChI is InChI=1S/C16H15N5O4S/c1-3-26(24,25)12-8-7-11(16(22)23)18-13(12)15-20-19-14(21(15)2)10-6-4-5-9-17-10/h4-9H,3H2,1-2H3,(H,22,23). The molecule has 0 aliphatic rings. The summed E-state index contributed by atoms with van der Waals surface area (Å²) >= 11 is 0. The molecule has 0 amide bonds. The fourth-order valence-electron chi connectivity index (χ4n) is 2.39. The molecule has 0 fully saturated rings. The number of aromatic nitrogens is 5. The van der Waals surface area contributed by atoms with E-state index in [-0.39, 0.29) is 27.9 Å². The van der Waals surface area contributed by atoms with Crippen LogP contribution in [0.25, 0.3) is 23.0 Å². The topological polar surface area (TPSA) is 128 Å². The SMILES string of the molecule is CCS(=O)(=O)c1ccc(C(=O)O)nc1-c1nnc(-c2ccccn2)n1C. The minimum absolute atomic E-state index is 0.0519. The van der Waals surface area contributed by atoms with Crippen LogP contribution in [0.4, 0.5) is 0 Å². The summed E-state index contributed by atoms with van der Waals surface area (Å²) in [6.45, 7) is 1.50. The van der Waals surface area contributed by atoms with Gasteiger partial charge in [-0.05, 0) is 24.3 Å². The van der Waals surface area contributed by atoms with Crippen LogP contribution in [0, 0.1) is 0 Å². The van der Waals surface area contributed by atoms with Crippen LogP contribution in [0.2, 0.25) is 0 Å². The van der Waals surface area contributed by atoms with Crippen LogP contribution in [0.3, 0.4) is 0 Å². The van der Waals surface area contributed by atoms with Crippen molar-refractivity contribution in [3.8, 4) is 23.0 Å². The van der Waals surface area contributed by atoms with Crippen LogP contribution in [0.15, 0.2) is 41.4 Å². The van der Waals surface area contributed by atoms with Gasteiger partial charge in [0.2, 0.25) is 0 Å². The molecule has 3 aromatic rings. The Balaban J connectivity index is 2.25. The minimum Gasteiger partial charge on any atom is -0.477 e. The lowest BCUT2D eigenvalue weighted by Crippen LogP contribution is -2.11. The molecule has 0 aromatic carbocycles. The van der Waals surface area contributed by atoms with Gasteiger partial charge in [-0.3, -0.25) is 4.98 Å². The second-order valence-electron chi connectivity index (χ2n) is 5.37. The zero-order valence-electron chi connectivity index (χ0n) is 14.0. The van der Waals surface area contributed by atoms with Gasteiger partial charge in [-0.2, -0.15) is 0 Å². The number of hydrogen-bond donors (Lipinski definition) is 1. The average molecular weight is 373 g/mol.